The predicted octanol–water partition coefficient (Wildman–Crippen LogP) is 4.26. The molecule has 0 saturated carbocycles. The molecule has 1 atom stereocenters. The molecule has 4 nitrogen and oxygen atoms in total. The van der Waals surface area contributed by atoms with Crippen molar-refractivity contribution in [3.8, 4) is 0 Å². The van der Waals surface area contributed by atoms with E-state index in [1.807, 2.05) is 18.2 Å². The van der Waals surface area contributed by atoms with Crippen LogP contribution < -0.4 is 0 Å². The first-order valence-electron chi connectivity index (χ1n) is 8.31. The first kappa shape index (κ1) is 18.0. The molecule has 0 amide bonds. The van der Waals surface area contributed by atoms with E-state index in [1.165, 1.54) is 6.92 Å². The van der Waals surface area contributed by atoms with Gasteiger partial charge in [0.2, 0.25) is 0 Å². The topological polar surface area (TPSA) is 38.8 Å². The fourth-order valence-electron chi connectivity index (χ4n) is 3.72. The van der Waals surface area contributed by atoms with Crippen LogP contribution in [-0.4, -0.2) is 28.2 Å². The van der Waals surface area contributed by atoms with Gasteiger partial charge in [0, 0.05) is 30.8 Å². The van der Waals surface area contributed by atoms with Gasteiger partial charge in [0.15, 0.2) is 0 Å². The van der Waals surface area contributed by atoms with Gasteiger partial charge in [-0.2, -0.15) is 5.06 Å². The highest BCUT2D eigenvalue weighted by Crippen LogP contribution is 2.41. The number of ether oxygens (including phenoxy) is 1. The molecular formula is C19H29NO3. The van der Waals surface area contributed by atoms with Crippen molar-refractivity contribution in [2.45, 2.75) is 77.7 Å². The molecule has 2 rings (SSSR count). The summed E-state index contributed by atoms with van der Waals surface area (Å²) >= 11 is 0. The summed E-state index contributed by atoms with van der Waals surface area (Å²) in [6.45, 7) is 12.1. The van der Waals surface area contributed by atoms with Gasteiger partial charge in [0.05, 0.1) is 0 Å². The van der Waals surface area contributed by atoms with Crippen LogP contribution in [0.2, 0.25) is 0 Å². The Morgan fingerprint density at radius 3 is 2.13 bits per heavy atom. The standard InChI is InChI=1S/C19H29NO3/c1-14(16-10-8-7-9-11-16)23-20-18(3,4)12-17(22-15(2)21)13-19(20,5)6/h7-11,14,17H,12-13H2,1-6H3. The SMILES string of the molecule is CC(=O)OC1CC(C)(C)N(OC(C)c2ccccc2)C(C)(C)C1. The lowest BCUT2D eigenvalue weighted by Crippen LogP contribution is -2.62. The molecule has 1 aromatic rings. The van der Waals surface area contributed by atoms with Gasteiger partial charge in [0.1, 0.15) is 12.2 Å². The van der Waals surface area contributed by atoms with Gasteiger partial charge in [-0.3, -0.25) is 9.63 Å². The Bertz CT molecular complexity index is 521. The summed E-state index contributed by atoms with van der Waals surface area (Å²) in [5.41, 5.74) is 0.719. The van der Waals surface area contributed by atoms with E-state index in [4.69, 9.17) is 9.57 Å². The maximum Gasteiger partial charge on any atom is 0.302 e. The molecule has 128 valence electrons. The van der Waals surface area contributed by atoms with Crippen molar-refractivity contribution in [3.63, 3.8) is 0 Å². The fraction of sp³-hybridized carbons (Fsp3) is 0.632. The zero-order valence-corrected chi connectivity index (χ0v) is 15.1. The molecule has 0 spiro atoms. The molecule has 0 N–H and O–H groups in total. The van der Waals surface area contributed by atoms with Crippen LogP contribution in [-0.2, 0) is 14.4 Å². The monoisotopic (exact) mass is 319 g/mol. The molecule has 0 aromatic heterocycles. The van der Waals surface area contributed by atoms with Gasteiger partial charge < -0.3 is 4.74 Å². The van der Waals surface area contributed by atoms with E-state index in [2.05, 4.69) is 51.8 Å². The Labute approximate surface area is 139 Å². The lowest BCUT2D eigenvalue weighted by atomic mass is 9.80. The number of hydrogen-bond acceptors (Lipinski definition) is 4. The van der Waals surface area contributed by atoms with E-state index >= 15 is 0 Å². The van der Waals surface area contributed by atoms with Crippen LogP contribution in [0, 0.1) is 0 Å². The molecule has 1 saturated heterocycles. The number of hydrogen-bond donors (Lipinski definition) is 0. The van der Waals surface area contributed by atoms with Crippen molar-refractivity contribution < 1.29 is 14.4 Å². The summed E-state index contributed by atoms with van der Waals surface area (Å²) in [6, 6.07) is 10.2. The van der Waals surface area contributed by atoms with Gasteiger partial charge >= 0.3 is 5.97 Å². The highest BCUT2D eigenvalue weighted by molar-refractivity contribution is 5.66. The smallest absolute Gasteiger partial charge is 0.302 e. The van der Waals surface area contributed by atoms with Crippen LogP contribution in [0.5, 0.6) is 0 Å². The zero-order valence-electron chi connectivity index (χ0n) is 15.1. The quantitative estimate of drug-likeness (QED) is 0.777. The molecule has 1 aliphatic rings. The maximum atomic E-state index is 11.3. The van der Waals surface area contributed by atoms with Gasteiger partial charge in [-0.25, -0.2) is 0 Å². The number of rotatable bonds is 4. The summed E-state index contributed by atoms with van der Waals surface area (Å²) in [6.07, 6.45) is 1.43. The first-order chi connectivity index (χ1) is 10.6. The second kappa shape index (κ2) is 6.62. The largest absolute Gasteiger partial charge is 0.462 e. The van der Waals surface area contributed by atoms with Crippen LogP contribution in [0.15, 0.2) is 30.3 Å². The Balaban J connectivity index is 2.16. The van der Waals surface area contributed by atoms with Crippen molar-refractivity contribution in [2.75, 3.05) is 0 Å². The van der Waals surface area contributed by atoms with Gasteiger partial charge in [-0.05, 0) is 40.2 Å². The molecule has 1 heterocycles. The molecule has 1 aromatic carbocycles. The predicted molar refractivity (Wildman–Crippen MR) is 90.7 cm³/mol. The van der Waals surface area contributed by atoms with Crippen LogP contribution in [0.1, 0.15) is 66.1 Å². The Kier molecular flexibility index (Phi) is 5.17. The van der Waals surface area contributed by atoms with Crippen molar-refractivity contribution in [3.05, 3.63) is 35.9 Å². The van der Waals surface area contributed by atoms with E-state index in [1.54, 1.807) is 0 Å². The Morgan fingerprint density at radius 2 is 1.65 bits per heavy atom. The van der Waals surface area contributed by atoms with Crippen molar-refractivity contribution in [1.82, 2.24) is 5.06 Å². The summed E-state index contributed by atoms with van der Waals surface area (Å²) in [5, 5.41) is 2.09. The summed E-state index contributed by atoms with van der Waals surface area (Å²) in [5.74, 6) is -0.214. The average Bonchev–Trinajstić information content (AvgIpc) is 2.42. The second-order valence-electron chi connectivity index (χ2n) is 7.72. The zero-order chi connectivity index (χ0) is 17.3. The maximum absolute atomic E-state index is 11.3. The number of benzene rings is 1. The molecule has 1 aliphatic heterocycles. The van der Waals surface area contributed by atoms with Crippen molar-refractivity contribution in [2.24, 2.45) is 0 Å². The minimum atomic E-state index is -0.217. The number of nitrogens with zero attached hydrogens (tertiary/aromatic N) is 1. The molecule has 23 heavy (non-hydrogen) atoms. The Hall–Kier alpha value is -1.39. The molecular weight excluding hydrogens is 290 g/mol. The van der Waals surface area contributed by atoms with Crippen LogP contribution in [0.4, 0.5) is 0 Å². The molecule has 4 heteroatoms. The van der Waals surface area contributed by atoms with Crippen molar-refractivity contribution >= 4 is 5.97 Å². The third kappa shape index (κ3) is 4.33. The van der Waals surface area contributed by atoms with Gasteiger partial charge in [-0.1, -0.05) is 30.3 Å². The molecule has 0 radical (unpaired) electrons. The Morgan fingerprint density at radius 1 is 1.13 bits per heavy atom. The van der Waals surface area contributed by atoms with Gasteiger partial charge in [-0.15, -0.1) is 0 Å². The summed E-state index contributed by atoms with van der Waals surface area (Å²) in [7, 11) is 0. The average molecular weight is 319 g/mol. The molecule has 1 fully saturated rings. The number of piperidine rings is 1. The lowest BCUT2D eigenvalue weighted by molar-refractivity contribution is -0.314. The fourth-order valence-corrected chi connectivity index (χ4v) is 3.72. The third-order valence-electron chi connectivity index (χ3n) is 4.42. The number of carbonyl (C=O) groups excluding carboxylic acids is 1. The summed E-state index contributed by atoms with van der Waals surface area (Å²) < 4.78 is 5.48. The first-order valence-corrected chi connectivity index (χ1v) is 8.31. The van der Waals surface area contributed by atoms with E-state index in [9.17, 15) is 4.79 Å². The number of carbonyl (C=O) groups is 1. The number of hydroxylamine groups is 2. The minimum absolute atomic E-state index is 0.0278. The van der Waals surface area contributed by atoms with Crippen LogP contribution >= 0.6 is 0 Å². The summed E-state index contributed by atoms with van der Waals surface area (Å²) in [4.78, 5) is 17.7. The van der Waals surface area contributed by atoms with Crippen molar-refractivity contribution in [1.29, 1.82) is 0 Å². The van der Waals surface area contributed by atoms with E-state index < -0.39 is 0 Å². The van der Waals surface area contributed by atoms with E-state index in [0.29, 0.717) is 0 Å². The van der Waals surface area contributed by atoms with E-state index in [0.717, 1.165) is 18.4 Å². The highest BCUT2D eigenvalue weighted by atomic mass is 16.7. The normalized spacial score (nSPS) is 22.5. The molecule has 1 unspecified atom stereocenters. The third-order valence-corrected chi connectivity index (χ3v) is 4.42. The van der Waals surface area contributed by atoms with Crippen LogP contribution in [0.25, 0.3) is 0 Å². The lowest BCUT2D eigenvalue weighted by Gasteiger charge is -2.54. The highest BCUT2D eigenvalue weighted by Gasteiger charge is 2.48. The minimum Gasteiger partial charge on any atom is -0.462 e. The molecule has 0 bridgehead atoms. The van der Waals surface area contributed by atoms with Crippen LogP contribution in [0.3, 0.4) is 0 Å². The molecule has 0 aliphatic carbocycles. The van der Waals surface area contributed by atoms with E-state index in [-0.39, 0.29) is 29.3 Å². The number of esters is 1. The van der Waals surface area contributed by atoms with Gasteiger partial charge in [0.25, 0.3) is 0 Å². The second-order valence-corrected chi connectivity index (χ2v) is 7.72.